The summed E-state index contributed by atoms with van der Waals surface area (Å²) in [6.45, 7) is 6.85. The van der Waals surface area contributed by atoms with Gasteiger partial charge in [0, 0.05) is 11.4 Å². The first-order chi connectivity index (χ1) is 12.8. The molecule has 1 saturated heterocycles. The molecule has 2 aliphatic carbocycles. The highest BCUT2D eigenvalue weighted by molar-refractivity contribution is 6.30. The third kappa shape index (κ3) is 3.22. The summed E-state index contributed by atoms with van der Waals surface area (Å²) < 4.78 is 6.38. The number of benzene rings is 1. The van der Waals surface area contributed by atoms with E-state index in [0.717, 1.165) is 12.0 Å². The van der Waals surface area contributed by atoms with Crippen molar-refractivity contribution in [2.45, 2.75) is 58.3 Å². The fourth-order valence-electron chi connectivity index (χ4n) is 5.19. The average Bonchev–Trinajstić information content (AvgIpc) is 3.19. The quantitative estimate of drug-likeness (QED) is 0.733. The smallest absolute Gasteiger partial charge is 0.334 e. The van der Waals surface area contributed by atoms with Crippen LogP contribution in [-0.2, 0) is 9.57 Å². The van der Waals surface area contributed by atoms with Gasteiger partial charge in [-0.1, -0.05) is 44.5 Å². The Labute approximate surface area is 164 Å². The molecule has 3 fully saturated rings. The van der Waals surface area contributed by atoms with E-state index >= 15 is 0 Å². The number of rotatable bonds is 3. The molecule has 6 heteroatoms. The number of ether oxygens (including phenoxy) is 1. The summed E-state index contributed by atoms with van der Waals surface area (Å²) in [5, 5.41) is 8.15. The van der Waals surface area contributed by atoms with Gasteiger partial charge in [0.05, 0.1) is 22.8 Å². The second kappa shape index (κ2) is 6.73. The number of hydrogen-bond acceptors (Lipinski definition) is 4. The molecule has 0 aromatic heterocycles. The van der Waals surface area contributed by atoms with Gasteiger partial charge in [0.2, 0.25) is 0 Å². The van der Waals surface area contributed by atoms with Gasteiger partial charge >= 0.3 is 5.70 Å². The van der Waals surface area contributed by atoms with Crippen molar-refractivity contribution in [3.05, 3.63) is 45.5 Å². The number of fused-ring (bicyclic) bond motifs is 1. The lowest BCUT2D eigenvalue weighted by atomic mass is 9.87. The van der Waals surface area contributed by atoms with E-state index in [2.05, 4.69) is 26.6 Å². The van der Waals surface area contributed by atoms with Crippen LogP contribution < -0.4 is 0 Å². The summed E-state index contributed by atoms with van der Waals surface area (Å²) in [6.07, 6.45) is 2.38. The molecule has 0 radical (unpaired) electrons. The van der Waals surface area contributed by atoms with Crippen LogP contribution in [0.5, 0.6) is 0 Å². The van der Waals surface area contributed by atoms with Gasteiger partial charge in [0.15, 0.2) is 0 Å². The van der Waals surface area contributed by atoms with Crippen molar-refractivity contribution in [1.82, 2.24) is 0 Å². The molecule has 2 saturated carbocycles. The first-order valence-electron chi connectivity index (χ1n) is 9.67. The lowest BCUT2D eigenvalue weighted by Gasteiger charge is -2.32. The molecule has 0 unspecified atom stereocenters. The van der Waals surface area contributed by atoms with Gasteiger partial charge in [-0.3, -0.25) is 5.41 Å². The van der Waals surface area contributed by atoms with E-state index in [0.29, 0.717) is 39.5 Å². The highest BCUT2D eigenvalue weighted by Gasteiger charge is 2.64. The van der Waals surface area contributed by atoms with E-state index in [-0.39, 0.29) is 17.7 Å². The van der Waals surface area contributed by atoms with Crippen LogP contribution in [0.15, 0.2) is 30.0 Å². The summed E-state index contributed by atoms with van der Waals surface area (Å²) in [6, 6.07) is 7.34. The molecule has 6 atom stereocenters. The summed E-state index contributed by atoms with van der Waals surface area (Å²) in [4.78, 5) is 18.3. The second-order valence-corrected chi connectivity index (χ2v) is 9.19. The Morgan fingerprint density at radius 1 is 1.30 bits per heavy atom. The van der Waals surface area contributed by atoms with E-state index in [1.165, 1.54) is 6.42 Å². The zero-order valence-electron chi connectivity index (χ0n) is 15.9. The molecule has 1 aromatic rings. The van der Waals surface area contributed by atoms with Crippen LogP contribution >= 0.6 is 11.6 Å². The van der Waals surface area contributed by atoms with Crippen molar-refractivity contribution in [3.8, 4) is 0 Å². The fourth-order valence-corrected chi connectivity index (χ4v) is 5.31. The Morgan fingerprint density at radius 2 is 2.00 bits per heavy atom. The number of allylic oxidation sites excluding steroid dienone is 1. The summed E-state index contributed by atoms with van der Waals surface area (Å²) in [5.74, 6) is 3.63. The molecule has 27 heavy (non-hydrogen) atoms. The maximum Gasteiger partial charge on any atom is 0.361 e. The van der Waals surface area contributed by atoms with Gasteiger partial charge in [0.25, 0.3) is 11.2 Å². The summed E-state index contributed by atoms with van der Waals surface area (Å²) >= 11 is 5.99. The first kappa shape index (κ1) is 18.7. The SMILES string of the molecule is C[C@H]1CC[C@@H]2[C@H]([C@@H]1O[C@@H]1C[C@H](c3ccc(Cl)cc3)C(=C=N)[N+](=O)O1)C2(C)C. The van der Waals surface area contributed by atoms with E-state index in [1.807, 2.05) is 12.1 Å². The van der Waals surface area contributed by atoms with Gasteiger partial charge in [0.1, 0.15) is 0 Å². The largest absolute Gasteiger partial charge is 0.361 e. The van der Waals surface area contributed by atoms with Crippen LogP contribution in [0.1, 0.15) is 51.5 Å². The number of halogens is 1. The van der Waals surface area contributed by atoms with E-state index < -0.39 is 6.29 Å². The van der Waals surface area contributed by atoms with Crippen molar-refractivity contribution in [1.29, 1.82) is 5.41 Å². The average molecular weight is 390 g/mol. The predicted octanol–water partition coefficient (Wildman–Crippen LogP) is 5.08. The molecule has 1 aromatic carbocycles. The van der Waals surface area contributed by atoms with Crippen LogP contribution in [-0.4, -0.2) is 23.2 Å². The van der Waals surface area contributed by atoms with Gasteiger partial charge in [-0.05, 0) is 53.7 Å². The third-order valence-corrected chi connectivity index (χ3v) is 7.12. The minimum Gasteiger partial charge on any atom is -0.334 e. The first-order valence-corrected chi connectivity index (χ1v) is 10.0. The Hall–Kier alpha value is -1.68. The van der Waals surface area contributed by atoms with Gasteiger partial charge in [-0.15, -0.1) is 0 Å². The highest BCUT2D eigenvalue weighted by atomic mass is 35.5. The van der Waals surface area contributed by atoms with Crippen molar-refractivity contribution in [2.24, 2.45) is 23.2 Å². The van der Waals surface area contributed by atoms with E-state index in [4.69, 9.17) is 26.6 Å². The molecule has 1 aliphatic heterocycles. The van der Waals surface area contributed by atoms with Crippen LogP contribution in [0.25, 0.3) is 0 Å². The van der Waals surface area contributed by atoms with Crippen LogP contribution in [0.2, 0.25) is 5.02 Å². The Morgan fingerprint density at radius 3 is 2.67 bits per heavy atom. The lowest BCUT2D eigenvalue weighted by Crippen LogP contribution is -2.40. The van der Waals surface area contributed by atoms with E-state index in [9.17, 15) is 4.91 Å². The van der Waals surface area contributed by atoms with Crippen molar-refractivity contribution in [2.75, 3.05) is 0 Å². The van der Waals surface area contributed by atoms with Gasteiger partial charge in [-0.25, -0.2) is 0 Å². The molecule has 0 bridgehead atoms. The Bertz CT molecular complexity index is 800. The van der Waals surface area contributed by atoms with Gasteiger partial charge in [-0.2, -0.15) is 4.84 Å². The molecule has 144 valence electrons. The van der Waals surface area contributed by atoms with Crippen molar-refractivity contribution < 1.29 is 14.5 Å². The molecule has 1 N–H and O–H groups in total. The minimum atomic E-state index is -0.622. The fraction of sp³-hybridized carbons (Fsp3) is 0.619. The standard InChI is InChI=1S/C21H26ClN2O3/c1-12-4-9-16-19(21(16,2)3)20(12)26-18-10-15(17(11-23)24(25)27-18)13-5-7-14(22)8-6-13/h5-8,12,15-16,18-20,23H,4,9-10H2,1-3H3/q+1/t12-,15+,16+,18-,19+,20+/m0/s1. The van der Waals surface area contributed by atoms with Crippen LogP contribution in [0.3, 0.4) is 0 Å². The van der Waals surface area contributed by atoms with E-state index in [1.54, 1.807) is 12.1 Å². The van der Waals surface area contributed by atoms with Crippen LogP contribution in [0, 0.1) is 33.5 Å². The molecule has 3 aliphatic rings. The maximum absolute atomic E-state index is 12.4. The Balaban J connectivity index is 1.55. The molecule has 0 amide bonds. The third-order valence-electron chi connectivity index (χ3n) is 6.86. The maximum atomic E-state index is 12.4. The number of nitrogens with zero attached hydrogens (tertiary/aromatic N) is 1. The van der Waals surface area contributed by atoms with Gasteiger partial charge < -0.3 is 4.74 Å². The number of hydrogen-bond donors (Lipinski definition) is 1. The van der Waals surface area contributed by atoms with Crippen LogP contribution in [0.4, 0.5) is 0 Å². The molecule has 0 spiro atoms. The molecular formula is C21H26ClN2O3+. The molecule has 4 rings (SSSR count). The monoisotopic (exact) mass is 389 g/mol. The zero-order valence-corrected chi connectivity index (χ0v) is 16.7. The zero-order chi connectivity index (χ0) is 19.3. The Kier molecular flexibility index (Phi) is 4.66. The highest BCUT2D eigenvalue weighted by Crippen LogP contribution is 2.66. The molecular weight excluding hydrogens is 364 g/mol. The summed E-state index contributed by atoms with van der Waals surface area (Å²) in [5.41, 5.74) is 1.38. The molecule has 1 heterocycles. The topological polar surface area (TPSA) is 62.4 Å². The molecule has 5 nitrogen and oxygen atoms in total. The lowest BCUT2D eigenvalue weighted by molar-refractivity contribution is -0.802. The minimum absolute atomic E-state index is 0.105. The second-order valence-electron chi connectivity index (χ2n) is 8.75. The number of nitrogens with one attached hydrogen (secondary N) is 1. The normalized spacial score (nSPS) is 37.2. The summed E-state index contributed by atoms with van der Waals surface area (Å²) in [7, 11) is 0. The predicted molar refractivity (Wildman–Crippen MR) is 103 cm³/mol. The van der Waals surface area contributed by atoms with Crippen molar-refractivity contribution >= 4 is 17.5 Å². The van der Waals surface area contributed by atoms with Crippen molar-refractivity contribution in [3.63, 3.8) is 0 Å².